The van der Waals surface area contributed by atoms with Gasteiger partial charge in [0.1, 0.15) is 0 Å². The quantitative estimate of drug-likeness (QED) is 0.734. The zero-order valence-electron chi connectivity index (χ0n) is 12.4. The fourth-order valence-corrected chi connectivity index (χ4v) is 4.89. The van der Waals surface area contributed by atoms with E-state index in [1.165, 1.54) is 11.1 Å². The Kier molecular flexibility index (Phi) is 5.31. The van der Waals surface area contributed by atoms with Gasteiger partial charge in [0.2, 0.25) is 0 Å². The van der Waals surface area contributed by atoms with Gasteiger partial charge in [0.15, 0.2) is 0 Å². The van der Waals surface area contributed by atoms with Crippen LogP contribution in [0.15, 0.2) is 42.5 Å². The van der Waals surface area contributed by atoms with E-state index in [9.17, 15) is 0 Å². The Hall–Kier alpha value is -1.20. The summed E-state index contributed by atoms with van der Waals surface area (Å²) in [5.41, 5.74) is 2.36. The van der Waals surface area contributed by atoms with Gasteiger partial charge in [-0.2, -0.15) is 0 Å². The first-order chi connectivity index (χ1) is 9.75. The van der Waals surface area contributed by atoms with Crippen LogP contribution in [0.3, 0.4) is 0 Å². The molecule has 108 valence electrons. The zero-order chi connectivity index (χ0) is 14.4. The van der Waals surface area contributed by atoms with E-state index in [0.29, 0.717) is 19.8 Å². The van der Waals surface area contributed by atoms with Crippen molar-refractivity contribution in [1.29, 1.82) is 0 Å². The summed E-state index contributed by atoms with van der Waals surface area (Å²) in [5.74, 6) is 0. The summed E-state index contributed by atoms with van der Waals surface area (Å²) < 4.78 is 17.8. The molecule has 0 unspecified atom stereocenters. The highest BCUT2D eigenvalue weighted by molar-refractivity contribution is 6.75. The maximum atomic E-state index is 5.94. The van der Waals surface area contributed by atoms with Crippen molar-refractivity contribution in [2.45, 2.75) is 20.8 Å². The van der Waals surface area contributed by atoms with E-state index in [4.69, 9.17) is 13.3 Å². The summed E-state index contributed by atoms with van der Waals surface area (Å²) in [4.78, 5) is 0. The molecule has 0 heterocycles. The molecule has 0 atom stereocenters. The topological polar surface area (TPSA) is 27.7 Å². The molecule has 20 heavy (non-hydrogen) atoms. The van der Waals surface area contributed by atoms with E-state index in [-0.39, 0.29) is 0 Å². The highest BCUT2D eigenvalue weighted by atomic mass is 28.4. The second-order valence-corrected chi connectivity index (χ2v) is 6.98. The SMILES string of the molecule is CCO[Si](OCC)(OCC)c1cc2cccccc-2c1. The molecule has 0 aromatic rings. The van der Waals surface area contributed by atoms with Crippen LogP contribution in [0.25, 0.3) is 11.1 Å². The summed E-state index contributed by atoms with van der Waals surface area (Å²) in [6.07, 6.45) is 0. The third-order valence-electron chi connectivity index (χ3n) is 3.09. The molecule has 0 N–H and O–H groups in total. The molecule has 0 radical (unpaired) electrons. The molecule has 2 aliphatic carbocycles. The first kappa shape index (κ1) is 15.2. The second-order valence-electron chi connectivity index (χ2n) is 4.42. The fraction of sp³-hybridized carbons (Fsp3) is 0.375. The van der Waals surface area contributed by atoms with Crippen molar-refractivity contribution in [1.82, 2.24) is 0 Å². The summed E-state index contributed by atoms with van der Waals surface area (Å²) in [6, 6.07) is 14.6. The minimum atomic E-state index is -2.78. The molecule has 0 aliphatic heterocycles. The maximum absolute atomic E-state index is 5.94. The summed E-state index contributed by atoms with van der Waals surface area (Å²) in [6.45, 7) is 7.68. The molecule has 0 bridgehead atoms. The Balaban J connectivity index is 2.47. The molecule has 0 fully saturated rings. The molecule has 0 spiro atoms. The lowest BCUT2D eigenvalue weighted by molar-refractivity contribution is 0.0860. The van der Waals surface area contributed by atoms with Gasteiger partial charge in [-0.1, -0.05) is 30.3 Å². The van der Waals surface area contributed by atoms with Gasteiger partial charge in [0, 0.05) is 25.0 Å². The zero-order valence-corrected chi connectivity index (χ0v) is 13.4. The molecule has 2 aliphatic rings. The summed E-state index contributed by atoms with van der Waals surface area (Å²) in [7, 11) is -2.78. The van der Waals surface area contributed by atoms with Gasteiger partial charge in [0.25, 0.3) is 0 Å². The van der Waals surface area contributed by atoms with Crippen molar-refractivity contribution in [2.75, 3.05) is 19.8 Å². The molecular formula is C16H22O3Si. The van der Waals surface area contributed by atoms with Gasteiger partial charge < -0.3 is 13.3 Å². The normalized spacial score (nSPS) is 11.9. The van der Waals surface area contributed by atoms with Gasteiger partial charge in [-0.3, -0.25) is 0 Å². The average Bonchev–Trinajstić information content (AvgIpc) is 2.72. The van der Waals surface area contributed by atoms with Crippen LogP contribution in [0.4, 0.5) is 0 Å². The second kappa shape index (κ2) is 6.99. The van der Waals surface area contributed by atoms with Crippen molar-refractivity contribution >= 4 is 14.0 Å². The largest absolute Gasteiger partial charge is 0.537 e. The fourth-order valence-electron chi connectivity index (χ4n) is 2.34. The standard InChI is InChI=1S/C16H22O3Si/c1-4-17-20(18-5-2,19-6-3)16-12-14-10-8-7-9-11-15(14)13-16/h7-13H,4-6H2,1-3H3. The Bertz CT molecular complexity index is 467. The summed E-state index contributed by atoms with van der Waals surface area (Å²) in [5, 5.41) is 1.05. The minimum Gasteiger partial charge on any atom is -0.370 e. The number of hydrogen-bond acceptors (Lipinski definition) is 3. The van der Waals surface area contributed by atoms with Crippen LogP contribution >= 0.6 is 0 Å². The number of hydrogen-bond donors (Lipinski definition) is 0. The monoisotopic (exact) mass is 290 g/mol. The molecule has 4 heteroatoms. The smallest absolute Gasteiger partial charge is 0.370 e. The Labute approximate surface area is 122 Å². The highest BCUT2D eigenvalue weighted by Crippen LogP contribution is 2.23. The lowest BCUT2D eigenvalue weighted by Crippen LogP contribution is -2.56. The van der Waals surface area contributed by atoms with Crippen molar-refractivity contribution < 1.29 is 13.3 Å². The van der Waals surface area contributed by atoms with Crippen LogP contribution in [0, 0.1) is 0 Å². The van der Waals surface area contributed by atoms with Crippen LogP contribution in [0.1, 0.15) is 20.8 Å². The molecule has 0 aromatic carbocycles. The van der Waals surface area contributed by atoms with E-state index in [2.05, 4.69) is 24.3 Å². The lowest BCUT2D eigenvalue weighted by atomic mass is 10.2. The van der Waals surface area contributed by atoms with Gasteiger partial charge in [-0.15, -0.1) is 0 Å². The average molecular weight is 290 g/mol. The van der Waals surface area contributed by atoms with Crippen molar-refractivity contribution in [3.8, 4) is 11.1 Å². The van der Waals surface area contributed by atoms with Crippen molar-refractivity contribution in [3.63, 3.8) is 0 Å². The Morgan fingerprint density at radius 3 is 1.60 bits per heavy atom. The van der Waals surface area contributed by atoms with Gasteiger partial charge in [-0.25, -0.2) is 0 Å². The van der Waals surface area contributed by atoms with E-state index in [1.54, 1.807) is 0 Å². The molecule has 0 saturated heterocycles. The Morgan fingerprint density at radius 2 is 1.20 bits per heavy atom. The van der Waals surface area contributed by atoms with E-state index < -0.39 is 8.80 Å². The maximum Gasteiger partial charge on any atom is 0.537 e. The molecule has 2 rings (SSSR count). The van der Waals surface area contributed by atoms with Crippen molar-refractivity contribution in [3.05, 3.63) is 42.5 Å². The van der Waals surface area contributed by atoms with Crippen LogP contribution < -0.4 is 5.19 Å². The van der Waals surface area contributed by atoms with Gasteiger partial charge in [-0.05, 0) is 44.0 Å². The third-order valence-corrected chi connectivity index (χ3v) is 6.09. The van der Waals surface area contributed by atoms with Crippen LogP contribution in [-0.4, -0.2) is 28.6 Å². The highest BCUT2D eigenvalue weighted by Gasteiger charge is 2.44. The first-order valence-electron chi connectivity index (χ1n) is 7.17. The van der Waals surface area contributed by atoms with Crippen LogP contribution in [0.2, 0.25) is 0 Å². The van der Waals surface area contributed by atoms with Crippen LogP contribution in [0.5, 0.6) is 0 Å². The van der Waals surface area contributed by atoms with Crippen LogP contribution in [-0.2, 0) is 13.3 Å². The third kappa shape index (κ3) is 3.10. The number of rotatable bonds is 7. The first-order valence-corrected chi connectivity index (χ1v) is 8.89. The Morgan fingerprint density at radius 1 is 0.750 bits per heavy atom. The van der Waals surface area contributed by atoms with E-state index in [0.717, 1.165) is 5.19 Å². The minimum absolute atomic E-state index is 0.585. The van der Waals surface area contributed by atoms with Gasteiger partial charge in [0.05, 0.1) is 0 Å². The van der Waals surface area contributed by atoms with Crippen molar-refractivity contribution in [2.24, 2.45) is 0 Å². The predicted molar refractivity (Wildman–Crippen MR) is 83.3 cm³/mol. The molecule has 0 saturated carbocycles. The van der Waals surface area contributed by atoms with E-state index in [1.807, 2.05) is 39.0 Å². The predicted octanol–water partition coefficient (Wildman–Crippen LogP) is 3.05. The molecular weight excluding hydrogens is 268 g/mol. The van der Waals surface area contributed by atoms with Gasteiger partial charge >= 0.3 is 8.80 Å². The van der Waals surface area contributed by atoms with E-state index >= 15 is 0 Å². The lowest BCUT2D eigenvalue weighted by Gasteiger charge is -2.27. The number of fused-ring (bicyclic) bond motifs is 1. The molecule has 0 aromatic heterocycles. The molecule has 0 amide bonds. The summed E-state index contributed by atoms with van der Waals surface area (Å²) >= 11 is 0. The molecule has 3 nitrogen and oxygen atoms in total.